The molecule has 6 heteroatoms. The predicted molar refractivity (Wildman–Crippen MR) is 124 cm³/mol. The summed E-state index contributed by atoms with van der Waals surface area (Å²) in [5, 5.41) is 18.2. The highest BCUT2D eigenvalue weighted by molar-refractivity contribution is 6.03. The van der Waals surface area contributed by atoms with Gasteiger partial charge in [-0.3, -0.25) is 4.79 Å². The Labute approximate surface area is 186 Å². The quantitative estimate of drug-likeness (QED) is 0.425. The minimum atomic E-state index is -0.794. The van der Waals surface area contributed by atoms with Gasteiger partial charge in [0.25, 0.3) is 5.91 Å². The lowest BCUT2D eigenvalue weighted by atomic mass is 9.97. The molecule has 1 aromatic heterocycles. The van der Waals surface area contributed by atoms with E-state index in [0.717, 1.165) is 11.1 Å². The van der Waals surface area contributed by atoms with Crippen LogP contribution in [0.1, 0.15) is 39.0 Å². The van der Waals surface area contributed by atoms with Gasteiger partial charge in [-0.15, -0.1) is 0 Å². The first kappa shape index (κ1) is 21.0. The second kappa shape index (κ2) is 8.88. The van der Waals surface area contributed by atoms with Crippen LogP contribution in [0.3, 0.4) is 0 Å². The number of nitrogens with one attached hydrogen (secondary N) is 1. The van der Waals surface area contributed by atoms with Crippen LogP contribution in [0.15, 0.2) is 78.9 Å². The average Bonchev–Trinajstić information content (AvgIpc) is 3.21. The summed E-state index contributed by atoms with van der Waals surface area (Å²) in [5.74, 6) is -0.332. The molecule has 0 saturated heterocycles. The van der Waals surface area contributed by atoms with E-state index in [4.69, 9.17) is 6.57 Å². The van der Waals surface area contributed by atoms with Crippen molar-refractivity contribution in [2.75, 3.05) is 5.32 Å². The molecule has 3 aromatic carbocycles. The number of carbonyl (C=O) groups is 1. The monoisotopic (exact) mass is 422 g/mol. The standard InChI is InChI=1S/C26H22N4O2/c1-17-8-4-5-13-23(17)25(31)19-9-6-11-21(15-19)28-26(32)24-14-18(2)29-30(24)22-12-7-10-20(16-22)27-3/h4-16,25,31H,1-2H3,(H,28,32). The van der Waals surface area contributed by atoms with Gasteiger partial charge in [-0.1, -0.05) is 48.5 Å². The Hall–Kier alpha value is -4.21. The molecule has 0 spiro atoms. The molecule has 0 aliphatic heterocycles. The first-order valence-electron chi connectivity index (χ1n) is 10.2. The molecule has 1 heterocycles. The second-order valence-corrected chi connectivity index (χ2v) is 7.55. The van der Waals surface area contributed by atoms with Crippen molar-refractivity contribution in [1.29, 1.82) is 0 Å². The number of benzene rings is 3. The lowest BCUT2D eigenvalue weighted by molar-refractivity contribution is 0.101. The van der Waals surface area contributed by atoms with E-state index in [-0.39, 0.29) is 5.91 Å². The minimum Gasteiger partial charge on any atom is -0.384 e. The Kier molecular flexibility index (Phi) is 5.84. The first-order chi connectivity index (χ1) is 15.5. The Morgan fingerprint density at radius 1 is 1.03 bits per heavy atom. The van der Waals surface area contributed by atoms with Crippen molar-refractivity contribution in [1.82, 2.24) is 9.78 Å². The third-order valence-electron chi connectivity index (χ3n) is 5.21. The zero-order valence-electron chi connectivity index (χ0n) is 17.8. The molecule has 0 bridgehead atoms. The van der Waals surface area contributed by atoms with Gasteiger partial charge in [0.05, 0.1) is 18.0 Å². The van der Waals surface area contributed by atoms with Crippen LogP contribution in [-0.2, 0) is 0 Å². The molecule has 32 heavy (non-hydrogen) atoms. The maximum atomic E-state index is 13.1. The fraction of sp³-hybridized carbons (Fsp3) is 0.115. The molecule has 4 rings (SSSR count). The van der Waals surface area contributed by atoms with Gasteiger partial charge < -0.3 is 10.4 Å². The van der Waals surface area contributed by atoms with Gasteiger partial charge >= 0.3 is 0 Å². The fourth-order valence-electron chi connectivity index (χ4n) is 3.61. The van der Waals surface area contributed by atoms with Crippen molar-refractivity contribution in [2.45, 2.75) is 20.0 Å². The van der Waals surface area contributed by atoms with E-state index in [0.29, 0.717) is 34.0 Å². The summed E-state index contributed by atoms with van der Waals surface area (Å²) < 4.78 is 1.53. The Morgan fingerprint density at radius 3 is 2.59 bits per heavy atom. The maximum Gasteiger partial charge on any atom is 0.274 e. The summed E-state index contributed by atoms with van der Waals surface area (Å²) in [6, 6.07) is 23.5. The molecular formula is C26H22N4O2. The molecule has 0 saturated carbocycles. The van der Waals surface area contributed by atoms with Gasteiger partial charge in [0.1, 0.15) is 11.8 Å². The highest BCUT2D eigenvalue weighted by Gasteiger charge is 2.17. The zero-order chi connectivity index (χ0) is 22.7. The van der Waals surface area contributed by atoms with E-state index < -0.39 is 6.10 Å². The molecule has 0 aliphatic carbocycles. The van der Waals surface area contributed by atoms with Gasteiger partial charge in [-0.25, -0.2) is 9.53 Å². The van der Waals surface area contributed by atoms with Crippen molar-refractivity contribution in [3.05, 3.63) is 118 Å². The number of nitrogens with zero attached hydrogens (tertiary/aromatic N) is 3. The molecule has 4 aromatic rings. The van der Waals surface area contributed by atoms with Crippen LogP contribution in [0, 0.1) is 20.4 Å². The second-order valence-electron chi connectivity index (χ2n) is 7.55. The van der Waals surface area contributed by atoms with Crippen LogP contribution in [0.2, 0.25) is 0 Å². The third-order valence-corrected chi connectivity index (χ3v) is 5.21. The lowest BCUT2D eigenvalue weighted by Crippen LogP contribution is -2.17. The number of aryl methyl sites for hydroxylation is 2. The van der Waals surface area contributed by atoms with Crippen molar-refractivity contribution in [3.8, 4) is 5.69 Å². The molecule has 6 nitrogen and oxygen atoms in total. The van der Waals surface area contributed by atoms with E-state index in [1.807, 2.05) is 44.2 Å². The number of aliphatic hydroxyl groups is 1. The highest BCUT2D eigenvalue weighted by atomic mass is 16.3. The van der Waals surface area contributed by atoms with Gasteiger partial charge in [0.2, 0.25) is 0 Å². The number of rotatable bonds is 5. The number of aliphatic hydroxyl groups excluding tert-OH is 1. The zero-order valence-corrected chi connectivity index (χ0v) is 17.8. The molecular weight excluding hydrogens is 400 g/mol. The van der Waals surface area contributed by atoms with E-state index in [1.54, 1.807) is 48.5 Å². The number of aromatic nitrogens is 2. The van der Waals surface area contributed by atoms with E-state index in [1.165, 1.54) is 4.68 Å². The van der Waals surface area contributed by atoms with Crippen LogP contribution in [0.4, 0.5) is 11.4 Å². The number of anilines is 1. The van der Waals surface area contributed by atoms with E-state index >= 15 is 0 Å². The molecule has 1 amide bonds. The summed E-state index contributed by atoms with van der Waals surface area (Å²) >= 11 is 0. The summed E-state index contributed by atoms with van der Waals surface area (Å²) in [7, 11) is 0. The Morgan fingerprint density at radius 2 is 1.81 bits per heavy atom. The number of carbonyl (C=O) groups excluding carboxylic acids is 1. The number of amides is 1. The van der Waals surface area contributed by atoms with Gasteiger partial charge in [-0.05, 0) is 60.9 Å². The molecule has 1 atom stereocenters. The highest BCUT2D eigenvalue weighted by Crippen LogP contribution is 2.27. The third kappa shape index (κ3) is 4.29. The normalized spacial score (nSPS) is 11.6. The average molecular weight is 422 g/mol. The minimum absolute atomic E-state index is 0.332. The summed E-state index contributed by atoms with van der Waals surface area (Å²) in [4.78, 5) is 16.5. The van der Waals surface area contributed by atoms with Gasteiger partial charge in [-0.2, -0.15) is 5.10 Å². The number of hydrogen-bond acceptors (Lipinski definition) is 3. The molecule has 0 radical (unpaired) electrons. The van der Waals surface area contributed by atoms with Gasteiger partial charge in [0, 0.05) is 5.69 Å². The molecule has 0 aliphatic rings. The van der Waals surface area contributed by atoms with Crippen molar-refractivity contribution in [2.24, 2.45) is 0 Å². The van der Waals surface area contributed by atoms with Gasteiger partial charge in [0.15, 0.2) is 5.69 Å². The first-order valence-corrected chi connectivity index (χ1v) is 10.2. The molecule has 2 N–H and O–H groups in total. The Bertz CT molecular complexity index is 1330. The van der Waals surface area contributed by atoms with Crippen LogP contribution in [0.25, 0.3) is 10.5 Å². The summed E-state index contributed by atoms with van der Waals surface area (Å²) in [5.41, 5.74) is 5.23. The van der Waals surface area contributed by atoms with Crippen LogP contribution in [0.5, 0.6) is 0 Å². The lowest BCUT2D eigenvalue weighted by Gasteiger charge is -2.15. The van der Waals surface area contributed by atoms with E-state index in [2.05, 4.69) is 15.3 Å². The van der Waals surface area contributed by atoms with Crippen LogP contribution >= 0.6 is 0 Å². The van der Waals surface area contributed by atoms with Crippen LogP contribution < -0.4 is 5.32 Å². The SMILES string of the molecule is [C-]#[N+]c1cccc(-n2nc(C)cc2C(=O)Nc2cccc(C(O)c3ccccc3C)c2)c1. The topological polar surface area (TPSA) is 71.5 Å². The van der Waals surface area contributed by atoms with E-state index in [9.17, 15) is 9.90 Å². The van der Waals surface area contributed by atoms with Crippen molar-refractivity contribution in [3.63, 3.8) is 0 Å². The predicted octanol–water partition coefficient (Wildman–Crippen LogP) is 5.37. The van der Waals surface area contributed by atoms with Crippen LogP contribution in [-0.4, -0.2) is 20.8 Å². The van der Waals surface area contributed by atoms with Crippen molar-refractivity contribution < 1.29 is 9.90 Å². The van der Waals surface area contributed by atoms with Crippen molar-refractivity contribution >= 4 is 17.3 Å². The fourth-order valence-corrected chi connectivity index (χ4v) is 3.61. The Balaban J connectivity index is 1.61. The maximum absolute atomic E-state index is 13.1. The summed E-state index contributed by atoms with van der Waals surface area (Å²) in [6.45, 7) is 11.0. The molecule has 0 fully saturated rings. The number of hydrogen-bond donors (Lipinski definition) is 2. The molecule has 158 valence electrons. The molecule has 1 unspecified atom stereocenters. The smallest absolute Gasteiger partial charge is 0.274 e. The largest absolute Gasteiger partial charge is 0.384 e. The summed E-state index contributed by atoms with van der Waals surface area (Å²) in [6.07, 6.45) is -0.794.